The van der Waals surface area contributed by atoms with E-state index in [0.717, 1.165) is 11.1 Å². The quantitative estimate of drug-likeness (QED) is 0.311. The molecule has 1 saturated heterocycles. The number of methoxy groups -OCH3 is 1. The predicted octanol–water partition coefficient (Wildman–Crippen LogP) is 4.16. The molecule has 41 heavy (non-hydrogen) atoms. The van der Waals surface area contributed by atoms with Gasteiger partial charge in [-0.05, 0) is 42.0 Å². The van der Waals surface area contributed by atoms with E-state index in [0.29, 0.717) is 46.2 Å². The summed E-state index contributed by atoms with van der Waals surface area (Å²) in [6.45, 7) is 0.795. The number of aromatic nitrogens is 4. The van der Waals surface area contributed by atoms with Crippen molar-refractivity contribution in [2.24, 2.45) is 0 Å². The van der Waals surface area contributed by atoms with Crippen LogP contribution in [0.15, 0.2) is 72.8 Å². The number of hydrogen-bond acceptors (Lipinski definition) is 8. The van der Waals surface area contributed by atoms with Gasteiger partial charge in [-0.2, -0.15) is 4.52 Å². The molecule has 3 heterocycles. The average Bonchev–Trinajstić information content (AvgIpc) is 3.36. The zero-order chi connectivity index (χ0) is 28.3. The number of rotatable bonds is 6. The molecule has 11 nitrogen and oxygen atoms in total. The Morgan fingerprint density at radius 2 is 1.88 bits per heavy atom. The van der Waals surface area contributed by atoms with Gasteiger partial charge in [-0.25, -0.2) is 14.8 Å². The number of benzene rings is 3. The van der Waals surface area contributed by atoms with Crippen molar-refractivity contribution < 1.29 is 19.1 Å². The Morgan fingerprint density at radius 3 is 2.66 bits per heavy atom. The van der Waals surface area contributed by atoms with Crippen LogP contribution < -0.4 is 15.4 Å². The van der Waals surface area contributed by atoms with Gasteiger partial charge < -0.3 is 25.0 Å². The Morgan fingerprint density at radius 1 is 1.07 bits per heavy atom. The van der Waals surface area contributed by atoms with E-state index in [1.54, 1.807) is 19.2 Å². The summed E-state index contributed by atoms with van der Waals surface area (Å²) in [7, 11) is 1.60. The van der Waals surface area contributed by atoms with Crippen LogP contribution in [-0.2, 0) is 16.1 Å². The van der Waals surface area contributed by atoms with Crippen LogP contribution in [0.4, 0.5) is 10.7 Å². The minimum absolute atomic E-state index is 0.0657. The number of anilines is 1. The molecule has 12 heteroatoms. The van der Waals surface area contributed by atoms with Gasteiger partial charge in [0, 0.05) is 18.7 Å². The number of halogens is 1. The Hall–Kier alpha value is -4.90. The van der Waals surface area contributed by atoms with Crippen LogP contribution >= 0.6 is 11.6 Å². The number of fused-ring (bicyclic) bond motifs is 3. The highest BCUT2D eigenvalue weighted by Gasteiger charge is 2.30. The number of nitrogens with one attached hydrogen (secondary N) is 2. The monoisotopic (exact) mass is 571 g/mol. The molecule has 1 atom stereocenters. The number of ether oxygens (including phenoxy) is 2. The Kier molecular flexibility index (Phi) is 7.26. The predicted molar refractivity (Wildman–Crippen MR) is 154 cm³/mol. The third-order valence-corrected chi connectivity index (χ3v) is 7.08. The summed E-state index contributed by atoms with van der Waals surface area (Å²) in [4.78, 5) is 37.0. The topological polar surface area (TPSA) is 123 Å². The lowest BCUT2D eigenvalue weighted by molar-refractivity contribution is -0.121. The molecule has 208 valence electrons. The van der Waals surface area contributed by atoms with Crippen molar-refractivity contribution in [3.05, 3.63) is 83.4 Å². The van der Waals surface area contributed by atoms with Crippen molar-refractivity contribution in [2.75, 3.05) is 32.1 Å². The summed E-state index contributed by atoms with van der Waals surface area (Å²) in [5.74, 6) is 1.16. The fourth-order valence-corrected chi connectivity index (χ4v) is 4.90. The normalized spacial score (nSPS) is 15.4. The average molecular weight is 572 g/mol. The molecule has 3 aromatic carbocycles. The maximum atomic E-state index is 13.0. The smallest absolute Gasteiger partial charge is 0.410 e. The van der Waals surface area contributed by atoms with Crippen LogP contribution in [0.5, 0.6) is 5.75 Å². The third-order valence-electron chi connectivity index (χ3n) is 6.76. The van der Waals surface area contributed by atoms with E-state index in [-0.39, 0.29) is 25.0 Å². The Bertz CT molecular complexity index is 1730. The first kappa shape index (κ1) is 26.3. The van der Waals surface area contributed by atoms with Gasteiger partial charge in [0.25, 0.3) is 0 Å². The third kappa shape index (κ3) is 5.44. The van der Waals surface area contributed by atoms with E-state index in [4.69, 9.17) is 36.1 Å². The lowest BCUT2D eigenvalue weighted by Gasteiger charge is -2.23. The first-order valence-corrected chi connectivity index (χ1v) is 13.4. The largest absolute Gasteiger partial charge is 0.497 e. The highest BCUT2D eigenvalue weighted by Crippen LogP contribution is 2.30. The zero-order valence-electron chi connectivity index (χ0n) is 22.1. The minimum atomic E-state index is -0.831. The number of hydrogen-bond donors (Lipinski definition) is 2. The van der Waals surface area contributed by atoms with Gasteiger partial charge in [-0.3, -0.25) is 4.79 Å². The second kappa shape index (κ2) is 11.3. The molecular weight excluding hydrogens is 546 g/mol. The van der Waals surface area contributed by atoms with E-state index < -0.39 is 12.1 Å². The maximum absolute atomic E-state index is 13.0. The number of carbonyl (C=O) groups is 2. The van der Waals surface area contributed by atoms with Crippen molar-refractivity contribution in [3.8, 4) is 17.1 Å². The van der Waals surface area contributed by atoms with Gasteiger partial charge in [-0.1, -0.05) is 48.0 Å². The van der Waals surface area contributed by atoms with E-state index in [2.05, 4.69) is 10.6 Å². The van der Waals surface area contributed by atoms with E-state index in [1.165, 1.54) is 9.42 Å². The van der Waals surface area contributed by atoms with E-state index in [1.807, 2.05) is 60.7 Å². The molecule has 0 bridgehead atoms. The van der Waals surface area contributed by atoms with Crippen LogP contribution in [0.25, 0.3) is 27.9 Å². The molecule has 5 aromatic rings. The Labute approximate surface area is 240 Å². The molecule has 6 rings (SSSR count). The Balaban J connectivity index is 1.32. The molecule has 0 saturated carbocycles. The van der Waals surface area contributed by atoms with Crippen molar-refractivity contribution >= 4 is 46.1 Å². The van der Waals surface area contributed by atoms with Crippen molar-refractivity contribution in [1.29, 1.82) is 0 Å². The lowest BCUT2D eigenvalue weighted by Crippen LogP contribution is -2.44. The fraction of sp³-hybridized carbons (Fsp3) is 0.207. The SMILES string of the molecule is COc1ccc(-c2nc3c4c(Cl)cccc4nc(NC4CN(C(=O)OCc5ccccc5)CCNC4=O)n3n2)cc1. The molecule has 1 fully saturated rings. The van der Waals surface area contributed by atoms with Crippen LogP contribution in [0.2, 0.25) is 5.02 Å². The molecule has 0 radical (unpaired) electrons. The van der Waals surface area contributed by atoms with Gasteiger partial charge in [0.15, 0.2) is 11.5 Å². The summed E-state index contributed by atoms with van der Waals surface area (Å²) >= 11 is 6.57. The van der Waals surface area contributed by atoms with E-state index >= 15 is 0 Å². The maximum Gasteiger partial charge on any atom is 0.410 e. The van der Waals surface area contributed by atoms with Gasteiger partial charge in [0.05, 0.1) is 29.6 Å². The van der Waals surface area contributed by atoms with Crippen molar-refractivity contribution in [1.82, 2.24) is 29.8 Å². The lowest BCUT2D eigenvalue weighted by atomic mass is 10.2. The molecule has 2 aromatic heterocycles. The summed E-state index contributed by atoms with van der Waals surface area (Å²) < 4.78 is 12.3. The highest BCUT2D eigenvalue weighted by molar-refractivity contribution is 6.36. The van der Waals surface area contributed by atoms with Crippen molar-refractivity contribution in [2.45, 2.75) is 12.6 Å². The van der Waals surface area contributed by atoms with Gasteiger partial charge in [0.1, 0.15) is 18.4 Å². The second-order valence-corrected chi connectivity index (χ2v) is 9.85. The van der Waals surface area contributed by atoms with Gasteiger partial charge in [0.2, 0.25) is 11.9 Å². The van der Waals surface area contributed by atoms with Gasteiger partial charge in [-0.15, -0.1) is 5.10 Å². The van der Waals surface area contributed by atoms with Crippen molar-refractivity contribution in [3.63, 3.8) is 0 Å². The minimum Gasteiger partial charge on any atom is -0.497 e. The van der Waals surface area contributed by atoms with Crippen LogP contribution in [0, 0.1) is 0 Å². The molecule has 0 spiro atoms. The highest BCUT2D eigenvalue weighted by atomic mass is 35.5. The molecule has 0 aliphatic carbocycles. The number of carbonyl (C=O) groups excluding carboxylic acids is 2. The summed E-state index contributed by atoms with van der Waals surface area (Å²) in [5.41, 5.74) is 2.69. The first-order chi connectivity index (χ1) is 20.0. The van der Waals surface area contributed by atoms with E-state index in [9.17, 15) is 9.59 Å². The fourth-order valence-electron chi connectivity index (χ4n) is 4.64. The number of amides is 2. The van der Waals surface area contributed by atoms with Crippen LogP contribution in [0.3, 0.4) is 0 Å². The molecule has 1 unspecified atom stereocenters. The molecule has 2 amide bonds. The molecule has 1 aliphatic heterocycles. The van der Waals surface area contributed by atoms with Gasteiger partial charge >= 0.3 is 6.09 Å². The standard InChI is InChI=1S/C29H26ClN7O4/c1-40-20-12-10-19(11-13-20)25-34-26-24-21(30)8-5-9-22(24)32-28(37(26)35-25)33-23-16-36(15-14-31-27(23)38)29(39)41-17-18-6-3-2-4-7-18/h2-13,23H,14-17H2,1H3,(H,31,38)(H,32,33). The first-order valence-electron chi connectivity index (χ1n) is 13.0. The zero-order valence-corrected chi connectivity index (χ0v) is 22.8. The second-order valence-electron chi connectivity index (χ2n) is 9.44. The number of nitrogens with zero attached hydrogens (tertiary/aromatic N) is 5. The summed E-state index contributed by atoms with van der Waals surface area (Å²) in [6, 6.07) is 21.3. The van der Waals surface area contributed by atoms with Crippen LogP contribution in [-0.4, -0.2) is 69.3 Å². The van der Waals surface area contributed by atoms with Crippen LogP contribution in [0.1, 0.15) is 5.56 Å². The molecular formula is C29H26ClN7O4. The summed E-state index contributed by atoms with van der Waals surface area (Å²) in [6.07, 6.45) is -0.511. The molecule has 2 N–H and O–H groups in total. The summed E-state index contributed by atoms with van der Waals surface area (Å²) in [5, 5.41) is 11.8. The molecule has 1 aliphatic rings.